The average Bonchev–Trinajstić information content (AvgIpc) is 2.83. The molecule has 0 bridgehead atoms. The summed E-state index contributed by atoms with van der Waals surface area (Å²) in [6, 6.07) is 19.5. The molecule has 1 saturated heterocycles. The molecule has 4 rings (SSSR count). The summed E-state index contributed by atoms with van der Waals surface area (Å²) in [5.74, 6) is 0.241. The van der Waals surface area contributed by atoms with Gasteiger partial charge in [-0.1, -0.05) is 56.3 Å². The van der Waals surface area contributed by atoms with Crippen molar-refractivity contribution in [2.75, 3.05) is 30.3 Å². The van der Waals surface area contributed by atoms with Crippen molar-refractivity contribution >= 4 is 34.1 Å². The Bertz CT molecular complexity index is 1250. The van der Waals surface area contributed by atoms with Crippen LogP contribution in [0.3, 0.4) is 0 Å². The zero-order valence-electron chi connectivity index (χ0n) is 19.2. The number of rotatable bonds is 3. The molecular formula is C26H27FN6O. The van der Waals surface area contributed by atoms with Crippen molar-refractivity contribution in [3.8, 4) is 6.19 Å². The number of nitrogens with zero attached hydrogens (tertiary/aromatic N) is 4. The number of hydrogen-bond acceptors (Lipinski definition) is 3. The van der Waals surface area contributed by atoms with E-state index in [1.165, 1.54) is 12.1 Å². The monoisotopic (exact) mass is 458 g/mol. The number of amides is 2. The van der Waals surface area contributed by atoms with Gasteiger partial charge in [0, 0.05) is 36.4 Å². The van der Waals surface area contributed by atoms with Gasteiger partial charge in [0.25, 0.3) is 0 Å². The fourth-order valence-corrected chi connectivity index (χ4v) is 4.26. The summed E-state index contributed by atoms with van der Waals surface area (Å²) in [5, 5.41) is 17.7. The highest BCUT2D eigenvalue weighted by Gasteiger charge is 2.34. The maximum atomic E-state index is 13.5. The van der Waals surface area contributed by atoms with E-state index in [-0.39, 0.29) is 18.0 Å². The van der Waals surface area contributed by atoms with E-state index >= 15 is 0 Å². The Hall–Kier alpha value is -4.12. The Morgan fingerprint density at radius 2 is 1.85 bits per heavy atom. The summed E-state index contributed by atoms with van der Waals surface area (Å²) in [6.07, 6.45) is 1.92. The van der Waals surface area contributed by atoms with Gasteiger partial charge >= 0.3 is 6.03 Å². The minimum atomic E-state index is -0.403. The first-order valence-corrected chi connectivity index (χ1v) is 11.3. The molecule has 1 fully saturated rings. The predicted molar refractivity (Wildman–Crippen MR) is 133 cm³/mol. The van der Waals surface area contributed by atoms with Gasteiger partial charge in [0.1, 0.15) is 5.82 Å². The van der Waals surface area contributed by atoms with Crippen molar-refractivity contribution in [3.63, 3.8) is 0 Å². The zero-order valence-corrected chi connectivity index (χ0v) is 19.2. The smallest absolute Gasteiger partial charge is 0.321 e. The molecular weight excluding hydrogens is 431 g/mol. The molecule has 0 aliphatic carbocycles. The van der Waals surface area contributed by atoms with Gasteiger partial charge in [0.15, 0.2) is 0 Å². The fourth-order valence-electron chi connectivity index (χ4n) is 4.26. The van der Waals surface area contributed by atoms with E-state index in [4.69, 9.17) is 0 Å². The summed E-state index contributed by atoms with van der Waals surface area (Å²) in [4.78, 5) is 20.7. The van der Waals surface area contributed by atoms with Crippen molar-refractivity contribution in [1.29, 1.82) is 5.26 Å². The summed E-state index contributed by atoms with van der Waals surface area (Å²) >= 11 is 0. The van der Waals surface area contributed by atoms with Crippen molar-refractivity contribution < 1.29 is 9.18 Å². The number of fused-ring (bicyclic) bond motifs is 1. The van der Waals surface area contributed by atoms with Crippen molar-refractivity contribution in [2.24, 2.45) is 10.9 Å². The molecule has 8 heteroatoms. The Balaban J connectivity index is 1.53. The molecule has 7 nitrogen and oxygen atoms in total. The number of benzene rings is 3. The first kappa shape index (κ1) is 23.1. The van der Waals surface area contributed by atoms with Gasteiger partial charge in [-0.2, -0.15) is 5.26 Å². The Morgan fingerprint density at radius 3 is 2.62 bits per heavy atom. The van der Waals surface area contributed by atoms with Crippen LogP contribution in [0.2, 0.25) is 0 Å². The fraction of sp³-hybridized carbons (Fsp3) is 0.269. The summed E-state index contributed by atoms with van der Waals surface area (Å²) in [5.41, 5.74) is 1.28. The second kappa shape index (κ2) is 10.2. The number of anilines is 2. The van der Waals surface area contributed by atoms with E-state index in [9.17, 15) is 14.4 Å². The van der Waals surface area contributed by atoms with Crippen LogP contribution in [0.1, 0.15) is 13.8 Å². The highest BCUT2D eigenvalue weighted by Crippen LogP contribution is 2.25. The van der Waals surface area contributed by atoms with Crippen molar-refractivity contribution in [2.45, 2.75) is 19.9 Å². The molecule has 2 amide bonds. The lowest BCUT2D eigenvalue weighted by Gasteiger charge is -2.44. The van der Waals surface area contributed by atoms with E-state index in [1.807, 2.05) is 48.7 Å². The molecule has 0 spiro atoms. The molecule has 3 aromatic rings. The zero-order chi connectivity index (χ0) is 24.1. The van der Waals surface area contributed by atoms with Crippen molar-refractivity contribution in [3.05, 3.63) is 72.5 Å². The normalized spacial score (nSPS) is 16.4. The van der Waals surface area contributed by atoms with E-state index in [2.05, 4.69) is 34.4 Å². The predicted octanol–water partition coefficient (Wildman–Crippen LogP) is 5.10. The van der Waals surface area contributed by atoms with E-state index in [0.29, 0.717) is 31.3 Å². The highest BCUT2D eigenvalue weighted by atomic mass is 19.1. The number of halogens is 1. The van der Waals surface area contributed by atoms with Crippen LogP contribution in [0.25, 0.3) is 10.8 Å². The van der Waals surface area contributed by atoms with E-state index in [1.54, 1.807) is 17.0 Å². The average molecular weight is 459 g/mol. The largest absolute Gasteiger partial charge is 0.335 e. The summed E-state index contributed by atoms with van der Waals surface area (Å²) in [7, 11) is 0. The Labute approximate surface area is 198 Å². The van der Waals surface area contributed by atoms with Crippen LogP contribution in [0, 0.1) is 23.2 Å². The summed E-state index contributed by atoms with van der Waals surface area (Å²) in [6.45, 7) is 5.53. The number of nitriles is 1. The SMILES string of the molecule is CC(C)C1CN(C(=O)Nc2cccc(F)c2)CCN1/C(=N/C#N)Nc1cccc2ccccc12. The number of carbonyl (C=O) groups is 1. The van der Waals surface area contributed by atoms with Crippen LogP contribution < -0.4 is 10.6 Å². The number of nitrogens with one attached hydrogen (secondary N) is 2. The third-order valence-electron chi connectivity index (χ3n) is 6.02. The van der Waals surface area contributed by atoms with Gasteiger partial charge in [-0.05, 0) is 35.6 Å². The third-order valence-corrected chi connectivity index (χ3v) is 6.02. The molecule has 0 radical (unpaired) electrons. The van der Waals surface area contributed by atoms with Crippen LogP contribution >= 0.6 is 0 Å². The molecule has 1 unspecified atom stereocenters. The molecule has 174 valence electrons. The lowest BCUT2D eigenvalue weighted by Crippen LogP contribution is -2.60. The number of piperazine rings is 1. The number of carbonyl (C=O) groups excluding carboxylic acids is 1. The maximum Gasteiger partial charge on any atom is 0.321 e. The topological polar surface area (TPSA) is 83.8 Å². The molecule has 3 aromatic carbocycles. The number of guanidine groups is 1. The lowest BCUT2D eigenvalue weighted by atomic mass is 10.00. The van der Waals surface area contributed by atoms with Crippen LogP contribution in [-0.2, 0) is 0 Å². The number of hydrogen-bond donors (Lipinski definition) is 2. The highest BCUT2D eigenvalue weighted by molar-refractivity contribution is 6.03. The molecule has 2 N–H and O–H groups in total. The van der Waals surface area contributed by atoms with Gasteiger partial charge in [0.2, 0.25) is 12.2 Å². The quantitative estimate of drug-likeness (QED) is 0.325. The lowest BCUT2D eigenvalue weighted by molar-refractivity contribution is 0.120. The molecule has 1 atom stereocenters. The number of urea groups is 1. The minimum absolute atomic E-state index is 0.0680. The molecule has 0 saturated carbocycles. The first-order chi connectivity index (χ1) is 16.5. The second-order valence-corrected chi connectivity index (χ2v) is 8.58. The van der Waals surface area contributed by atoms with Crippen LogP contribution in [0.5, 0.6) is 0 Å². The Kier molecular flexibility index (Phi) is 6.93. The van der Waals surface area contributed by atoms with Crippen molar-refractivity contribution in [1.82, 2.24) is 9.80 Å². The molecule has 1 heterocycles. The molecule has 1 aliphatic rings. The number of aliphatic imine (C=N–C) groups is 1. The van der Waals surface area contributed by atoms with Crippen LogP contribution in [-0.4, -0.2) is 47.5 Å². The van der Waals surface area contributed by atoms with Crippen LogP contribution in [0.15, 0.2) is 71.7 Å². The summed E-state index contributed by atoms with van der Waals surface area (Å²) < 4.78 is 13.5. The first-order valence-electron chi connectivity index (χ1n) is 11.3. The maximum absolute atomic E-state index is 13.5. The second-order valence-electron chi connectivity index (χ2n) is 8.58. The third kappa shape index (κ3) is 5.09. The molecule has 34 heavy (non-hydrogen) atoms. The standard InChI is InChI=1S/C26H27FN6O/c1-18(2)24-16-32(26(34)30-21-10-6-9-20(27)15-21)13-14-33(24)25(29-17-28)31-23-12-5-8-19-7-3-4-11-22(19)23/h3-12,15,18,24H,13-14,16H2,1-2H3,(H,29,31)(H,30,34). The molecule has 0 aromatic heterocycles. The van der Waals surface area contributed by atoms with Gasteiger partial charge in [0.05, 0.1) is 6.04 Å². The van der Waals surface area contributed by atoms with Crippen LogP contribution in [0.4, 0.5) is 20.6 Å². The van der Waals surface area contributed by atoms with Gasteiger partial charge < -0.3 is 20.4 Å². The van der Waals surface area contributed by atoms with Gasteiger partial charge in [-0.3, -0.25) is 0 Å². The van der Waals surface area contributed by atoms with Gasteiger partial charge in [-0.15, -0.1) is 4.99 Å². The van der Waals surface area contributed by atoms with E-state index < -0.39 is 5.82 Å². The van der Waals surface area contributed by atoms with Gasteiger partial charge in [-0.25, -0.2) is 9.18 Å². The molecule has 1 aliphatic heterocycles. The van der Waals surface area contributed by atoms with E-state index in [0.717, 1.165) is 16.5 Å². The Morgan fingerprint density at radius 1 is 1.09 bits per heavy atom. The minimum Gasteiger partial charge on any atom is -0.335 e.